The molecule has 0 radical (unpaired) electrons. The Morgan fingerprint density at radius 1 is 1.36 bits per heavy atom. The fourth-order valence-electron chi connectivity index (χ4n) is 1.66. The van der Waals surface area contributed by atoms with Crippen LogP contribution in [0.2, 0.25) is 0 Å². The molecule has 0 aliphatic rings. The standard InChI is InChI=1S/C15H14N2O4S/c1-2-7-21-15(20)16-11-5-3-10(4-6-11)8-13-17-12(9-22-13)14(18)19/h2-6,9H,1,7-8H2,(H,16,20)(H,18,19). The van der Waals surface area contributed by atoms with Crippen molar-refractivity contribution in [2.24, 2.45) is 0 Å². The first kappa shape index (κ1) is 15.7. The second kappa shape index (κ2) is 7.37. The van der Waals surface area contributed by atoms with E-state index in [4.69, 9.17) is 9.84 Å². The van der Waals surface area contributed by atoms with Gasteiger partial charge in [-0.2, -0.15) is 0 Å². The van der Waals surface area contributed by atoms with E-state index in [-0.39, 0.29) is 12.3 Å². The van der Waals surface area contributed by atoms with Crippen molar-refractivity contribution < 1.29 is 19.4 Å². The Kier molecular flexibility index (Phi) is 5.26. The lowest BCUT2D eigenvalue weighted by Gasteiger charge is -2.06. The number of aromatic nitrogens is 1. The number of thiazole rings is 1. The second-order valence-corrected chi connectivity index (χ2v) is 5.26. The molecule has 0 saturated carbocycles. The van der Waals surface area contributed by atoms with Crippen LogP contribution in [0.5, 0.6) is 0 Å². The number of benzene rings is 1. The maximum absolute atomic E-state index is 11.4. The maximum atomic E-state index is 11.4. The van der Waals surface area contributed by atoms with E-state index in [2.05, 4.69) is 16.9 Å². The SMILES string of the molecule is C=CCOC(=O)Nc1ccc(Cc2nc(C(=O)O)cs2)cc1. The van der Waals surface area contributed by atoms with Gasteiger partial charge in [-0.25, -0.2) is 14.6 Å². The highest BCUT2D eigenvalue weighted by Gasteiger charge is 2.09. The summed E-state index contributed by atoms with van der Waals surface area (Å²) in [6.07, 6.45) is 1.49. The summed E-state index contributed by atoms with van der Waals surface area (Å²) >= 11 is 1.31. The van der Waals surface area contributed by atoms with Crippen molar-refractivity contribution in [1.29, 1.82) is 0 Å². The number of aromatic carboxylic acids is 1. The molecule has 7 heteroatoms. The van der Waals surface area contributed by atoms with Gasteiger partial charge in [0.05, 0.1) is 5.01 Å². The largest absolute Gasteiger partial charge is 0.476 e. The molecule has 0 spiro atoms. The summed E-state index contributed by atoms with van der Waals surface area (Å²) in [5.41, 5.74) is 1.64. The van der Waals surface area contributed by atoms with Gasteiger partial charge < -0.3 is 9.84 Å². The number of hydrogen-bond donors (Lipinski definition) is 2. The van der Waals surface area contributed by atoms with E-state index in [0.29, 0.717) is 12.1 Å². The zero-order chi connectivity index (χ0) is 15.9. The molecule has 2 aromatic rings. The Morgan fingerprint density at radius 3 is 2.68 bits per heavy atom. The number of carboxylic acid groups (broad SMARTS) is 1. The van der Waals surface area contributed by atoms with Crippen molar-refractivity contribution in [1.82, 2.24) is 4.98 Å². The minimum absolute atomic E-state index is 0.0586. The molecule has 0 unspecified atom stereocenters. The molecule has 1 aromatic carbocycles. The van der Waals surface area contributed by atoms with Crippen LogP contribution in [-0.2, 0) is 11.2 Å². The molecule has 0 fully saturated rings. The summed E-state index contributed by atoms with van der Waals surface area (Å²) < 4.78 is 4.81. The maximum Gasteiger partial charge on any atom is 0.411 e. The smallest absolute Gasteiger partial charge is 0.411 e. The van der Waals surface area contributed by atoms with Gasteiger partial charge in [0.15, 0.2) is 5.69 Å². The van der Waals surface area contributed by atoms with E-state index in [0.717, 1.165) is 10.6 Å². The topological polar surface area (TPSA) is 88.5 Å². The van der Waals surface area contributed by atoms with Gasteiger partial charge in [-0.3, -0.25) is 5.32 Å². The Hall–Kier alpha value is -2.67. The molecule has 2 rings (SSSR count). The van der Waals surface area contributed by atoms with E-state index < -0.39 is 12.1 Å². The molecule has 1 aromatic heterocycles. The minimum atomic E-state index is -1.03. The van der Waals surface area contributed by atoms with Gasteiger partial charge in [-0.1, -0.05) is 24.8 Å². The monoisotopic (exact) mass is 318 g/mol. The quantitative estimate of drug-likeness (QED) is 0.799. The van der Waals surface area contributed by atoms with E-state index >= 15 is 0 Å². The molecule has 1 amide bonds. The Balaban J connectivity index is 1.94. The Morgan fingerprint density at radius 2 is 2.09 bits per heavy atom. The average molecular weight is 318 g/mol. The molecule has 0 aliphatic heterocycles. The van der Waals surface area contributed by atoms with Gasteiger partial charge in [-0.05, 0) is 17.7 Å². The van der Waals surface area contributed by atoms with E-state index in [9.17, 15) is 9.59 Å². The predicted molar refractivity (Wildman–Crippen MR) is 83.5 cm³/mol. The molecule has 2 N–H and O–H groups in total. The number of hydrogen-bond acceptors (Lipinski definition) is 5. The third-order valence-electron chi connectivity index (χ3n) is 2.66. The first-order chi connectivity index (χ1) is 10.6. The number of rotatable bonds is 6. The van der Waals surface area contributed by atoms with Crippen LogP contribution >= 0.6 is 11.3 Å². The highest BCUT2D eigenvalue weighted by atomic mass is 32.1. The van der Waals surface area contributed by atoms with Crippen molar-refractivity contribution in [2.75, 3.05) is 11.9 Å². The molecule has 22 heavy (non-hydrogen) atoms. The van der Waals surface area contributed by atoms with Crippen LogP contribution in [0.15, 0.2) is 42.3 Å². The van der Waals surface area contributed by atoms with Gasteiger partial charge >= 0.3 is 12.1 Å². The van der Waals surface area contributed by atoms with Crippen molar-refractivity contribution in [3.05, 3.63) is 58.6 Å². The Bertz CT molecular complexity index is 679. The molecule has 1 heterocycles. The number of carbonyl (C=O) groups excluding carboxylic acids is 1. The van der Waals surface area contributed by atoms with E-state index in [1.165, 1.54) is 22.8 Å². The van der Waals surface area contributed by atoms with Crippen molar-refractivity contribution in [2.45, 2.75) is 6.42 Å². The van der Waals surface area contributed by atoms with Crippen molar-refractivity contribution in [3.63, 3.8) is 0 Å². The number of nitrogens with zero attached hydrogens (tertiary/aromatic N) is 1. The summed E-state index contributed by atoms with van der Waals surface area (Å²) in [4.78, 5) is 26.2. The predicted octanol–water partition coefficient (Wildman–Crippen LogP) is 3.17. The van der Waals surface area contributed by atoms with Crippen LogP contribution in [0.3, 0.4) is 0 Å². The van der Waals surface area contributed by atoms with Crippen LogP contribution in [-0.4, -0.2) is 28.8 Å². The minimum Gasteiger partial charge on any atom is -0.476 e. The molecular weight excluding hydrogens is 304 g/mol. The third kappa shape index (κ3) is 4.42. The molecular formula is C15H14N2O4S. The number of nitrogens with one attached hydrogen (secondary N) is 1. The number of ether oxygens (including phenoxy) is 1. The van der Waals surface area contributed by atoms with Crippen molar-refractivity contribution >= 4 is 29.1 Å². The summed E-state index contributed by atoms with van der Waals surface area (Å²) in [6, 6.07) is 7.17. The van der Waals surface area contributed by atoms with Gasteiger partial charge in [0, 0.05) is 17.5 Å². The van der Waals surface area contributed by atoms with Crippen LogP contribution < -0.4 is 5.32 Å². The molecule has 0 atom stereocenters. The first-order valence-corrected chi connectivity index (χ1v) is 7.27. The van der Waals surface area contributed by atoms with Gasteiger partial charge in [0.1, 0.15) is 6.61 Å². The molecule has 0 aliphatic carbocycles. The van der Waals surface area contributed by atoms with Crippen LogP contribution in [0, 0.1) is 0 Å². The summed E-state index contributed by atoms with van der Waals surface area (Å²) in [6.45, 7) is 3.61. The number of anilines is 1. The fourth-order valence-corrected chi connectivity index (χ4v) is 2.46. The summed E-state index contributed by atoms with van der Waals surface area (Å²) in [5.74, 6) is -1.03. The zero-order valence-corrected chi connectivity index (χ0v) is 12.4. The Labute approximate surface area is 131 Å². The molecule has 6 nitrogen and oxygen atoms in total. The van der Waals surface area contributed by atoms with Crippen LogP contribution in [0.4, 0.5) is 10.5 Å². The normalized spacial score (nSPS) is 10.0. The van der Waals surface area contributed by atoms with Crippen LogP contribution in [0.25, 0.3) is 0 Å². The number of amides is 1. The third-order valence-corrected chi connectivity index (χ3v) is 3.51. The highest BCUT2D eigenvalue weighted by Crippen LogP contribution is 2.17. The van der Waals surface area contributed by atoms with Gasteiger partial charge in [-0.15, -0.1) is 11.3 Å². The summed E-state index contributed by atoms with van der Waals surface area (Å²) in [7, 11) is 0. The summed E-state index contributed by atoms with van der Waals surface area (Å²) in [5, 5.41) is 13.7. The van der Waals surface area contributed by atoms with Gasteiger partial charge in [0.2, 0.25) is 0 Å². The van der Waals surface area contributed by atoms with E-state index in [1.54, 1.807) is 12.1 Å². The first-order valence-electron chi connectivity index (χ1n) is 6.40. The highest BCUT2D eigenvalue weighted by molar-refractivity contribution is 7.09. The lowest BCUT2D eigenvalue weighted by atomic mass is 10.1. The number of carbonyl (C=O) groups is 2. The lowest BCUT2D eigenvalue weighted by Crippen LogP contribution is -2.13. The molecule has 0 bridgehead atoms. The average Bonchev–Trinajstić information content (AvgIpc) is 2.96. The number of carboxylic acids is 1. The van der Waals surface area contributed by atoms with Crippen molar-refractivity contribution in [3.8, 4) is 0 Å². The second-order valence-electron chi connectivity index (χ2n) is 4.32. The van der Waals surface area contributed by atoms with Gasteiger partial charge in [0.25, 0.3) is 0 Å². The van der Waals surface area contributed by atoms with E-state index in [1.807, 2.05) is 12.1 Å². The van der Waals surface area contributed by atoms with Crippen LogP contribution in [0.1, 0.15) is 21.1 Å². The zero-order valence-electron chi connectivity index (χ0n) is 11.6. The molecule has 114 valence electrons. The molecule has 0 saturated heterocycles. The lowest BCUT2D eigenvalue weighted by molar-refractivity contribution is 0.0691. The fraction of sp³-hybridized carbons (Fsp3) is 0.133.